The van der Waals surface area contributed by atoms with E-state index in [4.69, 9.17) is 0 Å². The van der Waals surface area contributed by atoms with E-state index in [2.05, 4.69) is 35.1 Å². The minimum atomic E-state index is -0.325. The first-order valence-corrected chi connectivity index (χ1v) is 7.82. The molecule has 0 aliphatic carbocycles. The van der Waals surface area contributed by atoms with E-state index in [1.54, 1.807) is 19.1 Å². The highest BCUT2D eigenvalue weighted by atomic mass is 16.2. The van der Waals surface area contributed by atoms with Crippen LogP contribution >= 0.6 is 0 Å². The first kappa shape index (κ1) is 16.5. The lowest BCUT2D eigenvalue weighted by molar-refractivity contribution is 0.0946. The molecule has 0 aromatic carbocycles. The normalized spacial score (nSPS) is 19.4. The number of hydrogen-bond acceptors (Lipinski definition) is 3. The molecule has 2 rings (SSSR count). The molecule has 1 amide bonds. The second-order valence-electron chi connectivity index (χ2n) is 6.12. The van der Waals surface area contributed by atoms with Crippen LogP contribution in [0.1, 0.15) is 36.3 Å². The second kappa shape index (κ2) is 7.40. The average Bonchev–Trinajstić information content (AvgIpc) is 2.92. The van der Waals surface area contributed by atoms with Crippen LogP contribution in [0.5, 0.6) is 0 Å². The largest absolute Gasteiger partial charge is 0.352 e. The number of carbonyl (C=O) groups excluding carboxylic acids is 1. The molecule has 0 saturated carbocycles. The van der Waals surface area contributed by atoms with Crippen molar-refractivity contribution in [2.45, 2.75) is 27.2 Å². The van der Waals surface area contributed by atoms with Gasteiger partial charge in [0.25, 0.3) is 11.5 Å². The molecule has 0 bridgehead atoms. The van der Waals surface area contributed by atoms with E-state index in [0.717, 1.165) is 31.7 Å². The molecule has 2 heterocycles. The number of likely N-dealkylation sites (tertiary alicyclic amines) is 1. The lowest BCUT2D eigenvalue weighted by Gasteiger charge is -2.16. The summed E-state index contributed by atoms with van der Waals surface area (Å²) >= 11 is 0. The Balaban J connectivity index is 1.83. The maximum Gasteiger partial charge on any atom is 0.260 e. The van der Waals surface area contributed by atoms with Crippen LogP contribution in [-0.2, 0) is 0 Å². The number of pyridine rings is 1. The van der Waals surface area contributed by atoms with Gasteiger partial charge >= 0.3 is 0 Å². The molecule has 1 aliphatic heterocycles. The highest BCUT2D eigenvalue weighted by Gasteiger charge is 2.23. The van der Waals surface area contributed by atoms with Crippen molar-refractivity contribution in [2.75, 3.05) is 26.2 Å². The zero-order valence-electron chi connectivity index (χ0n) is 13.6. The molecule has 1 aromatic heterocycles. The molecule has 120 valence electrons. The van der Waals surface area contributed by atoms with Crippen LogP contribution in [0.15, 0.2) is 28.6 Å². The van der Waals surface area contributed by atoms with Gasteiger partial charge in [-0.3, -0.25) is 14.5 Å². The smallest absolute Gasteiger partial charge is 0.260 e. The Morgan fingerprint density at radius 1 is 1.50 bits per heavy atom. The molecule has 5 heteroatoms. The number of nitrogens with one attached hydrogen (secondary N) is 2. The maximum absolute atomic E-state index is 12.1. The Hall–Kier alpha value is -1.88. The van der Waals surface area contributed by atoms with Gasteiger partial charge in [0.15, 0.2) is 0 Å². The fourth-order valence-electron chi connectivity index (χ4n) is 2.75. The van der Waals surface area contributed by atoms with Gasteiger partial charge in [0.05, 0.1) is 0 Å². The lowest BCUT2D eigenvalue weighted by Crippen LogP contribution is -2.34. The minimum absolute atomic E-state index is 0.185. The van der Waals surface area contributed by atoms with Gasteiger partial charge < -0.3 is 10.3 Å². The lowest BCUT2D eigenvalue weighted by atomic mass is 10.1. The maximum atomic E-state index is 12.1. The van der Waals surface area contributed by atoms with Crippen molar-refractivity contribution >= 4 is 5.91 Å². The van der Waals surface area contributed by atoms with E-state index < -0.39 is 0 Å². The third-order valence-electron chi connectivity index (χ3n) is 4.19. The van der Waals surface area contributed by atoms with E-state index in [1.165, 1.54) is 5.57 Å². The molecule has 0 radical (unpaired) electrons. The third kappa shape index (κ3) is 4.31. The zero-order chi connectivity index (χ0) is 16.1. The molecule has 2 N–H and O–H groups in total. The van der Waals surface area contributed by atoms with Crippen LogP contribution in [-0.4, -0.2) is 42.0 Å². The molecule has 1 fully saturated rings. The molecule has 1 aliphatic rings. The molecular weight excluding hydrogens is 278 g/mol. The van der Waals surface area contributed by atoms with Gasteiger partial charge in [-0.25, -0.2) is 0 Å². The average molecular weight is 303 g/mol. The highest BCUT2D eigenvalue weighted by Crippen LogP contribution is 2.16. The summed E-state index contributed by atoms with van der Waals surface area (Å²) in [6, 6.07) is 3.33. The summed E-state index contributed by atoms with van der Waals surface area (Å²) in [5.74, 6) is 0.169. The number of nitrogens with zero attached hydrogens (tertiary/aromatic N) is 1. The number of carbonyl (C=O) groups is 1. The Bertz CT molecular complexity index is 619. The number of hydrogen-bond donors (Lipinski definition) is 2. The van der Waals surface area contributed by atoms with Crippen molar-refractivity contribution in [3.05, 3.63) is 45.4 Å². The van der Waals surface area contributed by atoms with Gasteiger partial charge in [-0.2, -0.15) is 0 Å². The van der Waals surface area contributed by atoms with Crippen molar-refractivity contribution in [1.82, 2.24) is 15.2 Å². The van der Waals surface area contributed by atoms with Gasteiger partial charge in [-0.15, -0.1) is 0 Å². The highest BCUT2D eigenvalue weighted by molar-refractivity contribution is 5.93. The SMILES string of the molecule is CC=C(C)CN1CCC(CNC(=O)c2ccc(C)[nH]c2=O)C1. The minimum Gasteiger partial charge on any atom is -0.352 e. The molecule has 22 heavy (non-hydrogen) atoms. The molecular formula is C17H25N3O2. The van der Waals surface area contributed by atoms with Crippen LogP contribution in [0, 0.1) is 12.8 Å². The van der Waals surface area contributed by atoms with Gasteiger partial charge in [0.2, 0.25) is 0 Å². The predicted octanol–water partition coefficient (Wildman–Crippen LogP) is 1.70. The van der Waals surface area contributed by atoms with Crippen LogP contribution in [0.2, 0.25) is 0 Å². The molecule has 1 atom stereocenters. The summed E-state index contributed by atoms with van der Waals surface area (Å²) in [7, 11) is 0. The monoisotopic (exact) mass is 303 g/mol. The predicted molar refractivity (Wildman–Crippen MR) is 88.1 cm³/mol. The van der Waals surface area contributed by atoms with Crippen LogP contribution in [0.25, 0.3) is 0 Å². The fourth-order valence-corrected chi connectivity index (χ4v) is 2.75. The van der Waals surface area contributed by atoms with Gasteiger partial charge in [-0.1, -0.05) is 11.6 Å². The van der Waals surface area contributed by atoms with Crippen molar-refractivity contribution in [2.24, 2.45) is 5.92 Å². The molecule has 1 unspecified atom stereocenters. The summed E-state index contributed by atoms with van der Waals surface area (Å²) in [5, 5.41) is 2.89. The summed E-state index contributed by atoms with van der Waals surface area (Å²) in [4.78, 5) is 28.9. The first-order chi connectivity index (χ1) is 10.5. The van der Waals surface area contributed by atoms with E-state index in [0.29, 0.717) is 12.5 Å². The van der Waals surface area contributed by atoms with Crippen molar-refractivity contribution in [3.63, 3.8) is 0 Å². The number of H-pyrrole nitrogens is 1. The van der Waals surface area contributed by atoms with E-state index in [-0.39, 0.29) is 17.0 Å². The number of allylic oxidation sites excluding steroid dienone is 1. The number of aromatic amines is 1. The van der Waals surface area contributed by atoms with E-state index in [9.17, 15) is 9.59 Å². The molecule has 0 spiro atoms. The summed E-state index contributed by atoms with van der Waals surface area (Å²) in [6.45, 7) is 9.67. The zero-order valence-corrected chi connectivity index (χ0v) is 13.6. The van der Waals surface area contributed by atoms with Crippen LogP contribution in [0.4, 0.5) is 0 Å². The fraction of sp³-hybridized carbons (Fsp3) is 0.529. The van der Waals surface area contributed by atoms with E-state index in [1.807, 2.05) is 0 Å². The summed E-state index contributed by atoms with van der Waals surface area (Å²) in [5.41, 5.74) is 1.99. The number of rotatable bonds is 5. The quantitative estimate of drug-likeness (QED) is 0.814. The Morgan fingerprint density at radius 2 is 2.27 bits per heavy atom. The number of amides is 1. The molecule has 5 nitrogen and oxygen atoms in total. The second-order valence-corrected chi connectivity index (χ2v) is 6.12. The van der Waals surface area contributed by atoms with Gasteiger partial charge in [0.1, 0.15) is 5.56 Å². The van der Waals surface area contributed by atoms with Gasteiger partial charge in [-0.05, 0) is 51.8 Å². The number of aryl methyl sites for hydroxylation is 1. The molecule has 1 saturated heterocycles. The Labute approximate surface area is 131 Å². The molecule has 1 aromatic rings. The number of aromatic nitrogens is 1. The summed E-state index contributed by atoms with van der Waals surface area (Å²) in [6.07, 6.45) is 3.22. The van der Waals surface area contributed by atoms with Crippen molar-refractivity contribution in [1.29, 1.82) is 0 Å². The Morgan fingerprint density at radius 3 is 2.95 bits per heavy atom. The van der Waals surface area contributed by atoms with E-state index >= 15 is 0 Å². The van der Waals surface area contributed by atoms with Gasteiger partial charge in [0, 0.05) is 25.3 Å². The third-order valence-corrected chi connectivity index (χ3v) is 4.19. The van der Waals surface area contributed by atoms with Crippen LogP contribution in [0.3, 0.4) is 0 Å². The first-order valence-electron chi connectivity index (χ1n) is 7.82. The Kier molecular flexibility index (Phi) is 5.55. The standard InChI is InChI=1S/C17H25N3O2/c1-4-12(2)10-20-8-7-14(11-20)9-18-16(21)15-6-5-13(3)19-17(15)22/h4-6,14H,7-11H2,1-3H3,(H,18,21)(H,19,22). The van der Waals surface area contributed by atoms with Crippen molar-refractivity contribution in [3.8, 4) is 0 Å². The van der Waals surface area contributed by atoms with Crippen molar-refractivity contribution < 1.29 is 4.79 Å². The van der Waals surface area contributed by atoms with Crippen LogP contribution < -0.4 is 10.9 Å². The topological polar surface area (TPSA) is 65.2 Å². The summed E-state index contributed by atoms with van der Waals surface area (Å²) < 4.78 is 0.